The first-order valence-electron chi connectivity index (χ1n) is 9.31. The highest BCUT2D eigenvalue weighted by Gasteiger charge is 2.37. The van der Waals surface area contributed by atoms with Gasteiger partial charge in [0.25, 0.3) is 0 Å². The minimum absolute atomic E-state index is 0.0990. The third kappa shape index (κ3) is 4.90. The molecule has 0 atom stereocenters. The number of halogens is 3. The lowest BCUT2D eigenvalue weighted by molar-refractivity contribution is -0.140. The van der Waals surface area contributed by atoms with Gasteiger partial charge in [-0.1, -0.05) is 38.5 Å². The molecule has 1 saturated carbocycles. The summed E-state index contributed by atoms with van der Waals surface area (Å²) in [6.45, 7) is 4.09. The van der Waals surface area contributed by atoms with E-state index in [0.29, 0.717) is 0 Å². The van der Waals surface area contributed by atoms with Crippen LogP contribution in [-0.2, 0) is 6.18 Å². The second-order valence-electron chi connectivity index (χ2n) is 7.16. The molecule has 1 aromatic heterocycles. The van der Waals surface area contributed by atoms with E-state index in [1.165, 1.54) is 0 Å². The van der Waals surface area contributed by atoms with E-state index >= 15 is 0 Å². The van der Waals surface area contributed by atoms with Gasteiger partial charge in [0.05, 0.1) is 0 Å². The molecule has 0 bridgehead atoms. The molecule has 146 valence electrons. The molecule has 1 aromatic carbocycles. The zero-order chi connectivity index (χ0) is 19.4. The zero-order valence-electron chi connectivity index (χ0n) is 15.5. The maximum absolute atomic E-state index is 13.4. The zero-order valence-corrected chi connectivity index (χ0v) is 15.5. The van der Waals surface area contributed by atoms with Gasteiger partial charge < -0.3 is 10.1 Å². The smallest absolute Gasteiger partial charge is 0.423 e. The number of rotatable bonds is 5. The number of hydrogen-bond donors (Lipinski definition) is 1. The van der Waals surface area contributed by atoms with Crippen molar-refractivity contribution in [3.8, 4) is 5.88 Å². The number of anilines is 2. The molecule has 1 fully saturated rings. The number of hydrogen-bond acceptors (Lipinski definition) is 4. The highest BCUT2D eigenvalue weighted by atomic mass is 19.4. The Balaban J connectivity index is 1.89. The highest BCUT2D eigenvalue weighted by Crippen LogP contribution is 2.37. The van der Waals surface area contributed by atoms with Crippen molar-refractivity contribution >= 4 is 11.6 Å². The topological polar surface area (TPSA) is 47.0 Å². The first-order chi connectivity index (χ1) is 12.8. The minimum Gasteiger partial charge on any atom is -0.474 e. The third-order valence-electron chi connectivity index (χ3n) is 4.72. The number of para-hydroxylation sites is 1. The van der Waals surface area contributed by atoms with Crippen LogP contribution in [0.5, 0.6) is 5.88 Å². The predicted molar refractivity (Wildman–Crippen MR) is 98.3 cm³/mol. The number of aromatic nitrogens is 2. The summed E-state index contributed by atoms with van der Waals surface area (Å²) < 4.78 is 45.7. The van der Waals surface area contributed by atoms with Crippen molar-refractivity contribution < 1.29 is 17.9 Å². The molecule has 1 aliphatic rings. The maximum atomic E-state index is 13.4. The summed E-state index contributed by atoms with van der Waals surface area (Å²) in [7, 11) is 0. The molecule has 27 heavy (non-hydrogen) atoms. The van der Waals surface area contributed by atoms with E-state index in [4.69, 9.17) is 4.74 Å². The SMILES string of the molecule is CC(C)c1ccccc1Nc1ncc(C(F)(F)F)c(OC2CCCCC2)n1. The summed E-state index contributed by atoms with van der Waals surface area (Å²) >= 11 is 0. The van der Waals surface area contributed by atoms with Crippen LogP contribution in [0.1, 0.15) is 63.0 Å². The number of alkyl halides is 3. The second kappa shape index (κ2) is 8.15. The molecule has 3 rings (SSSR count). The highest BCUT2D eigenvalue weighted by molar-refractivity contribution is 5.59. The van der Waals surface area contributed by atoms with Gasteiger partial charge in [-0.25, -0.2) is 4.98 Å². The van der Waals surface area contributed by atoms with E-state index in [0.717, 1.165) is 49.6 Å². The monoisotopic (exact) mass is 379 g/mol. The van der Waals surface area contributed by atoms with Gasteiger partial charge in [0.2, 0.25) is 11.8 Å². The van der Waals surface area contributed by atoms with Gasteiger partial charge in [0.1, 0.15) is 11.7 Å². The Bertz CT molecular complexity index is 771. The van der Waals surface area contributed by atoms with Crippen molar-refractivity contribution in [1.29, 1.82) is 0 Å². The number of ether oxygens (including phenoxy) is 1. The van der Waals surface area contributed by atoms with Gasteiger partial charge in [0, 0.05) is 11.9 Å². The van der Waals surface area contributed by atoms with E-state index in [9.17, 15) is 13.2 Å². The Hall–Kier alpha value is -2.31. The number of nitrogens with one attached hydrogen (secondary N) is 1. The molecule has 0 amide bonds. The average Bonchev–Trinajstić information content (AvgIpc) is 2.62. The largest absolute Gasteiger partial charge is 0.474 e. The van der Waals surface area contributed by atoms with Crippen LogP contribution in [0.2, 0.25) is 0 Å². The second-order valence-corrected chi connectivity index (χ2v) is 7.16. The summed E-state index contributed by atoms with van der Waals surface area (Å²) in [4.78, 5) is 7.94. The third-order valence-corrected chi connectivity index (χ3v) is 4.72. The van der Waals surface area contributed by atoms with Gasteiger partial charge in [-0.05, 0) is 43.2 Å². The average molecular weight is 379 g/mol. The molecule has 7 heteroatoms. The Morgan fingerprint density at radius 1 is 1.11 bits per heavy atom. The van der Waals surface area contributed by atoms with Crippen molar-refractivity contribution in [2.24, 2.45) is 0 Å². The first-order valence-corrected chi connectivity index (χ1v) is 9.31. The van der Waals surface area contributed by atoms with Crippen LogP contribution in [-0.4, -0.2) is 16.1 Å². The van der Waals surface area contributed by atoms with Crippen LogP contribution in [0, 0.1) is 0 Å². The normalized spacial score (nSPS) is 15.8. The Kier molecular flexibility index (Phi) is 5.87. The number of benzene rings is 1. The Morgan fingerprint density at radius 3 is 2.48 bits per heavy atom. The summed E-state index contributed by atoms with van der Waals surface area (Å²) in [6.07, 6.45) is 0.526. The summed E-state index contributed by atoms with van der Waals surface area (Å²) in [6, 6.07) is 7.61. The van der Waals surface area contributed by atoms with Crippen LogP contribution in [0.15, 0.2) is 30.5 Å². The molecule has 1 heterocycles. The fourth-order valence-corrected chi connectivity index (χ4v) is 3.29. The fraction of sp³-hybridized carbons (Fsp3) is 0.500. The minimum atomic E-state index is -4.56. The van der Waals surface area contributed by atoms with Crippen molar-refractivity contribution in [3.63, 3.8) is 0 Å². The van der Waals surface area contributed by atoms with Crippen molar-refractivity contribution in [2.45, 2.75) is 64.1 Å². The number of nitrogens with zero attached hydrogens (tertiary/aromatic N) is 2. The summed E-state index contributed by atoms with van der Waals surface area (Å²) in [5.74, 6) is -0.0445. The standard InChI is InChI=1S/C20H24F3N3O/c1-13(2)15-10-6-7-11-17(15)25-19-24-12-16(20(21,22)23)18(26-19)27-14-8-4-3-5-9-14/h6-7,10-14H,3-5,8-9H2,1-2H3,(H,24,25,26). The van der Waals surface area contributed by atoms with Gasteiger partial charge in [-0.15, -0.1) is 0 Å². The Labute approximate surface area is 157 Å². The molecule has 0 radical (unpaired) electrons. The van der Waals surface area contributed by atoms with E-state index < -0.39 is 17.6 Å². The molecule has 0 aliphatic heterocycles. The van der Waals surface area contributed by atoms with Crippen molar-refractivity contribution in [3.05, 3.63) is 41.6 Å². The molecule has 1 aliphatic carbocycles. The lowest BCUT2D eigenvalue weighted by atomic mass is 9.98. The van der Waals surface area contributed by atoms with E-state index in [1.807, 2.05) is 38.1 Å². The van der Waals surface area contributed by atoms with Crippen LogP contribution in [0.25, 0.3) is 0 Å². The van der Waals surface area contributed by atoms with E-state index in [2.05, 4.69) is 15.3 Å². The van der Waals surface area contributed by atoms with Crippen molar-refractivity contribution in [2.75, 3.05) is 5.32 Å². The Morgan fingerprint density at radius 2 is 1.81 bits per heavy atom. The summed E-state index contributed by atoms with van der Waals surface area (Å²) in [5.41, 5.74) is 0.877. The van der Waals surface area contributed by atoms with Crippen LogP contribution in [0.4, 0.5) is 24.8 Å². The molecule has 1 N–H and O–H groups in total. The van der Waals surface area contributed by atoms with Crippen molar-refractivity contribution in [1.82, 2.24) is 9.97 Å². The fourth-order valence-electron chi connectivity index (χ4n) is 3.29. The lowest BCUT2D eigenvalue weighted by Gasteiger charge is -2.24. The molecular formula is C20H24F3N3O. The van der Waals surface area contributed by atoms with Gasteiger partial charge in [0.15, 0.2) is 0 Å². The molecule has 4 nitrogen and oxygen atoms in total. The van der Waals surface area contributed by atoms with Gasteiger partial charge in [-0.3, -0.25) is 0 Å². The van der Waals surface area contributed by atoms with Gasteiger partial charge >= 0.3 is 6.18 Å². The molecule has 0 spiro atoms. The molecule has 0 saturated heterocycles. The van der Waals surface area contributed by atoms with Crippen LogP contribution in [0.3, 0.4) is 0 Å². The molecule has 2 aromatic rings. The first kappa shape index (κ1) is 19.5. The lowest BCUT2D eigenvalue weighted by Crippen LogP contribution is -2.22. The summed E-state index contributed by atoms with van der Waals surface area (Å²) in [5, 5.41) is 3.04. The maximum Gasteiger partial charge on any atom is 0.423 e. The molecular weight excluding hydrogens is 355 g/mol. The predicted octanol–water partition coefficient (Wildman–Crippen LogP) is 6.07. The van der Waals surface area contributed by atoms with Crippen LogP contribution < -0.4 is 10.1 Å². The molecule has 0 unspecified atom stereocenters. The quantitative estimate of drug-likeness (QED) is 0.684. The van der Waals surface area contributed by atoms with Gasteiger partial charge in [-0.2, -0.15) is 18.2 Å². The van der Waals surface area contributed by atoms with Crippen LogP contribution >= 0.6 is 0 Å². The van der Waals surface area contributed by atoms with E-state index in [1.54, 1.807) is 0 Å². The van der Waals surface area contributed by atoms with E-state index in [-0.39, 0.29) is 18.0 Å².